The third-order valence-electron chi connectivity index (χ3n) is 6.43. The molecule has 0 amide bonds. The highest BCUT2D eigenvalue weighted by Crippen LogP contribution is 2.44. The van der Waals surface area contributed by atoms with Gasteiger partial charge in [-0.05, 0) is 47.2 Å². The van der Waals surface area contributed by atoms with Crippen LogP contribution >= 0.6 is 0 Å². The lowest BCUT2D eigenvalue weighted by atomic mass is 9.76. The second-order valence-electron chi connectivity index (χ2n) is 8.76. The van der Waals surface area contributed by atoms with E-state index in [-0.39, 0.29) is 17.0 Å². The second-order valence-corrected chi connectivity index (χ2v) is 8.76. The normalized spacial score (nSPS) is 16.1. The highest BCUT2D eigenvalue weighted by atomic mass is 19.4. The van der Waals surface area contributed by atoms with Gasteiger partial charge in [-0.3, -0.25) is 4.99 Å². The monoisotopic (exact) mass is 475 g/mol. The Morgan fingerprint density at radius 2 is 1.76 bits per heavy atom. The molecular weight excluding hydrogens is 447 g/mol. The predicted octanol–water partition coefficient (Wildman–Crippen LogP) is 6.36. The van der Waals surface area contributed by atoms with Gasteiger partial charge in [0.1, 0.15) is 5.75 Å². The topological polar surface area (TPSA) is 72.0 Å². The van der Waals surface area contributed by atoms with Crippen molar-refractivity contribution in [2.45, 2.75) is 51.3 Å². The maximum atomic E-state index is 14.2. The third kappa shape index (κ3) is 4.73. The number of aliphatic imine (C=N–C) groups is 1. The van der Waals surface area contributed by atoms with E-state index in [1.54, 1.807) is 13.0 Å². The van der Waals surface area contributed by atoms with Gasteiger partial charge in [-0.25, -0.2) is 4.79 Å². The number of ether oxygens (including phenoxy) is 1. The molecule has 0 saturated heterocycles. The summed E-state index contributed by atoms with van der Waals surface area (Å²) in [5.74, 6) is -1.35. The van der Waals surface area contributed by atoms with Crippen LogP contribution in [0.2, 0.25) is 0 Å². The molecule has 3 unspecified atom stereocenters. The highest BCUT2D eigenvalue weighted by molar-refractivity contribution is 5.93. The average molecular weight is 476 g/mol. The van der Waals surface area contributed by atoms with Gasteiger partial charge in [0.15, 0.2) is 5.60 Å². The number of halogens is 3. The lowest BCUT2D eigenvalue weighted by Crippen LogP contribution is -2.53. The fraction of sp³-hybridized carbons (Fsp3) is 0.385. The molecule has 3 aromatic rings. The van der Waals surface area contributed by atoms with Crippen LogP contribution in [0.15, 0.2) is 62.9 Å². The Hall–Kier alpha value is -3.13. The van der Waals surface area contributed by atoms with Crippen LogP contribution in [-0.4, -0.2) is 30.2 Å². The third-order valence-corrected chi connectivity index (χ3v) is 6.43. The van der Waals surface area contributed by atoms with E-state index in [0.717, 1.165) is 11.8 Å². The van der Waals surface area contributed by atoms with Crippen LogP contribution < -0.4 is 10.4 Å². The number of alkyl halides is 3. The van der Waals surface area contributed by atoms with Crippen molar-refractivity contribution < 1.29 is 27.4 Å². The molecule has 3 atom stereocenters. The quantitative estimate of drug-likeness (QED) is 0.404. The molecule has 0 saturated carbocycles. The Morgan fingerprint density at radius 1 is 1.06 bits per heavy atom. The fourth-order valence-corrected chi connectivity index (χ4v) is 3.98. The summed E-state index contributed by atoms with van der Waals surface area (Å²) >= 11 is 0. The van der Waals surface area contributed by atoms with Crippen molar-refractivity contribution in [3.63, 3.8) is 0 Å². The van der Waals surface area contributed by atoms with Crippen LogP contribution in [0.5, 0.6) is 5.75 Å². The van der Waals surface area contributed by atoms with E-state index in [0.29, 0.717) is 22.9 Å². The van der Waals surface area contributed by atoms with Gasteiger partial charge in [0.05, 0.1) is 24.4 Å². The first-order valence-corrected chi connectivity index (χ1v) is 10.9. The Kier molecular flexibility index (Phi) is 7.21. The number of hydrogen-bond acceptors (Lipinski definition) is 5. The second kappa shape index (κ2) is 9.62. The molecule has 0 spiro atoms. The van der Waals surface area contributed by atoms with E-state index in [1.807, 2.05) is 26.0 Å². The summed E-state index contributed by atoms with van der Waals surface area (Å²) in [6.07, 6.45) is -3.33. The van der Waals surface area contributed by atoms with Crippen molar-refractivity contribution >= 4 is 22.7 Å². The molecule has 1 heterocycles. The van der Waals surface area contributed by atoms with Crippen molar-refractivity contribution in [3.05, 3.63) is 70.3 Å². The molecule has 0 aliphatic heterocycles. The number of methoxy groups -OCH3 is 1. The van der Waals surface area contributed by atoms with E-state index in [9.17, 15) is 23.1 Å². The fourth-order valence-electron chi connectivity index (χ4n) is 3.98. The zero-order chi connectivity index (χ0) is 25.3. The lowest BCUT2D eigenvalue weighted by molar-refractivity contribution is -0.246. The molecule has 2 aromatic carbocycles. The molecule has 0 bridgehead atoms. The van der Waals surface area contributed by atoms with E-state index in [1.165, 1.54) is 38.3 Å². The van der Waals surface area contributed by atoms with Crippen molar-refractivity contribution in [1.82, 2.24) is 0 Å². The van der Waals surface area contributed by atoms with Crippen molar-refractivity contribution in [2.75, 3.05) is 7.11 Å². The van der Waals surface area contributed by atoms with Gasteiger partial charge in [-0.1, -0.05) is 45.9 Å². The minimum atomic E-state index is -5.00. The molecule has 0 fully saturated rings. The molecule has 182 valence electrons. The first kappa shape index (κ1) is 25.5. The van der Waals surface area contributed by atoms with Crippen LogP contribution in [-0.2, 0) is 0 Å². The molecule has 0 aliphatic rings. The number of rotatable bonds is 7. The minimum absolute atomic E-state index is 0.117. The molecular formula is C26H28F3NO4. The number of benzene rings is 2. The van der Waals surface area contributed by atoms with Gasteiger partial charge in [-0.2, -0.15) is 13.2 Å². The molecule has 8 heteroatoms. The van der Waals surface area contributed by atoms with Gasteiger partial charge >= 0.3 is 11.8 Å². The maximum Gasteiger partial charge on any atom is 0.422 e. The van der Waals surface area contributed by atoms with Gasteiger partial charge in [0.25, 0.3) is 0 Å². The van der Waals surface area contributed by atoms with Crippen molar-refractivity contribution in [2.24, 2.45) is 10.9 Å². The van der Waals surface area contributed by atoms with E-state index in [4.69, 9.17) is 9.15 Å². The molecule has 0 radical (unpaired) electrons. The molecule has 34 heavy (non-hydrogen) atoms. The Morgan fingerprint density at radius 3 is 2.38 bits per heavy atom. The number of nitrogens with zero attached hydrogens (tertiary/aromatic N) is 1. The van der Waals surface area contributed by atoms with Crippen LogP contribution in [0, 0.1) is 5.92 Å². The Labute approximate surface area is 195 Å². The summed E-state index contributed by atoms with van der Waals surface area (Å²) in [5.41, 5.74) is -2.20. The van der Waals surface area contributed by atoms with Gasteiger partial charge < -0.3 is 14.3 Å². The minimum Gasteiger partial charge on any atom is -0.496 e. The molecule has 1 aromatic heterocycles. The summed E-state index contributed by atoms with van der Waals surface area (Å²) in [7, 11) is 1.47. The summed E-state index contributed by atoms with van der Waals surface area (Å²) < 4.78 is 52.9. The van der Waals surface area contributed by atoms with E-state index >= 15 is 0 Å². The highest BCUT2D eigenvalue weighted by Gasteiger charge is 2.57. The lowest BCUT2D eigenvalue weighted by Gasteiger charge is -2.36. The van der Waals surface area contributed by atoms with Crippen LogP contribution in [0.3, 0.4) is 0 Å². The van der Waals surface area contributed by atoms with Gasteiger partial charge in [-0.15, -0.1) is 0 Å². The number of hydrogen-bond donors (Lipinski definition) is 1. The van der Waals surface area contributed by atoms with Gasteiger partial charge in [0, 0.05) is 17.5 Å². The van der Waals surface area contributed by atoms with Crippen LogP contribution in [0.25, 0.3) is 10.8 Å². The zero-order valence-corrected chi connectivity index (χ0v) is 19.7. The zero-order valence-electron chi connectivity index (χ0n) is 19.7. The average Bonchev–Trinajstić information content (AvgIpc) is 2.80. The molecule has 3 rings (SSSR count). The Balaban J connectivity index is 2.05. The Bertz CT molecular complexity index is 1250. The molecule has 5 nitrogen and oxygen atoms in total. The number of aliphatic hydroxyl groups is 1. The summed E-state index contributed by atoms with van der Waals surface area (Å²) in [6.45, 7) is 6.97. The molecule has 0 aliphatic carbocycles. The first-order chi connectivity index (χ1) is 15.9. The SMILES string of the molecule is COc1cc(C(C)C)ccc1C(C)C(C)C(O)(C=Nc1cccc2c(=O)occc12)C(F)(F)F. The maximum absolute atomic E-state index is 14.2. The van der Waals surface area contributed by atoms with E-state index in [2.05, 4.69) is 4.99 Å². The summed E-state index contributed by atoms with van der Waals surface area (Å²) in [5, 5.41) is 11.5. The van der Waals surface area contributed by atoms with Crippen molar-refractivity contribution in [3.8, 4) is 5.75 Å². The van der Waals surface area contributed by atoms with Gasteiger partial charge in [0.2, 0.25) is 0 Å². The standard InChI is InChI=1S/C26H28F3NO4/c1-15(2)18-9-10-19(23(13-18)33-5)16(3)17(4)25(32,26(27,28)29)14-30-22-8-6-7-21-20(22)11-12-34-24(21)31/h6-17,32H,1-5H3. The van der Waals surface area contributed by atoms with Crippen molar-refractivity contribution in [1.29, 1.82) is 0 Å². The summed E-state index contributed by atoms with van der Waals surface area (Å²) in [6, 6.07) is 11.3. The van der Waals surface area contributed by atoms with Crippen LogP contribution in [0.4, 0.5) is 18.9 Å². The first-order valence-electron chi connectivity index (χ1n) is 10.9. The summed E-state index contributed by atoms with van der Waals surface area (Å²) in [4.78, 5) is 15.9. The molecule has 1 N–H and O–H groups in total. The largest absolute Gasteiger partial charge is 0.496 e. The number of fused-ring (bicyclic) bond motifs is 1. The van der Waals surface area contributed by atoms with E-state index < -0.39 is 29.2 Å². The van der Waals surface area contributed by atoms with Crippen LogP contribution in [0.1, 0.15) is 50.7 Å². The predicted molar refractivity (Wildman–Crippen MR) is 126 cm³/mol. The smallest absolute Gasteiger partial charge is 0.422 e.